The Bertz CT molecular complexity index is 1320. The highest BCUT2D eigenvalue weighted by molar-refractivity contribution is 7.22. The number of fused-ring (bicyclic) bond motifs is 1. The molecule has 0 saturated heterocycles. The van der Waals surface area contributed by atoms with Crippen LogP contribution in [0.4, 0.5) is 16.5 Å². The normalized spacial score (nSPS) is 12.8. The summed E-state index contributed by atoms with van der Waals surface area (Å²) in [5.74, 6) is 1.10. The first-order chi connectivity index (χ1) is 17.1. The van der Waals surface area contributed by atoms with E-state index in [0.717, 1.165) is 28.8 Å². The quantitative estimate of drug-likeness (QED) is 0.323. The van der Waals surface area contributed by atoms with Gasteiger partial charge in [0.15, 0.2) is 11.7 Å². The van der Waals surface area contributed by atoms with Gasteiger partial charge < -0.3 is 14.8 Å². The van der Waals surface area contributed by atoms with Crippen molar-refractivity contribution < 1.29 is 19.1 Å². The number of amides is 2. The molecule has 1 N–H and O–H groups in total. The Labute approximate surface area is 207 Å². The lowest BCUT2D eigenvalue weighted by Crippen LogP contribution is -2.30. The van der Waals surface area contributed by atoms with Gasteiger partial charge in [-0.2, -0.15) is 0 Å². The van der Waals surface area contributed by atoms with Crippen LogP contribution >= 0.6 is 11.3 Å². The predicted octanol–water partition coefficient (Wildman–Crippen LogP) is 5.79. The molecule has 1 aliphatic carbocycles. The predicted molar refractivity (Wildman–Crippen MR) is 138 cm³/mol. The van der Waals surface area contributed by atoms with Crippen molar-refractivity contribution >= 4 is 49.9 Å². The van der Waals surface area contributed by atoms with Gasteiger partial charge in [0.25, 0.3) is 5.91 Å². The van der Waals surface area contributed by atoms with Crippen LogP contribution in [0.5, 0.6) is 11.5 Å². The average molecular weight is 488 g/mol. The molecule has 0 radical (unpaired) electrons. The lowest BCUT2D eigenvalue weighted by Gasteiger charge is -2.20. The molecule has 1 aliphatic rings. The number of carbonyl (C=O) groups is 2. The van der Waals surface area contributed by atoms with Crippen molar-refractivity contribution in [3.05, 3.63) is 72.8 Å². The molecule has 0 spiro atoms. The van der Waals surface area contributed by atoms with Crippen molar-refractivity contribution in [1.82, 2.24) is 4.98 Å². The summed E-state index contributed by atoms with van der Waals surface area (Å²) in [5.41, 5.74) is 2.16. The minimum Gasteiger partial charge on any atom is -0.494 e. The number of rotatable bonds is 9. The van der Waals surface area contributed by atoms with Crippen molar-refractivity contribution in [2.24, 2.45) is 5.92 Å². The summed E-state index contributed by atoms with van der Waals surface area (Å²) in [7, 11) is 0. The van der Waals surface area contributed by atoms with Gasteiger partial charge in [-0.15, -0.1) is 0 Å². The molecule has 0 atom stereocenters. The summed E-state index contributed by atoms with van der Waals surface area (Å²) in [6.45, 7) is 2.30. The van der Waals surface area contributed by atoms with Crippen LogP contribution in [0.1, 0.15) is 19.8 Å². The van der Waals surface area contributed by atoms with E-state index in [1.165, 1.54) is 11.3 Å². The highest BCUT2D eigenvalue weighted by Gasteiger charge is 2.29. The Hall–Kier alpha value is -3.91. The zero-order valence-corrected chi connectivity index (χ0v) is 20.1. The second-order valence-corrected chi connectivity index (χ2v) is 9.21. The molecule has 35 heavy (non-hydrogen) atoms. The fourth-order valence-electron chi connectivity index (χ4n) is 3.64. The summed E-state index contributed by atoms with van der Waals surface area (Å²) in [6.07, 6.45) is 1.87. The van der Waals surface area contributed by atoms with E-state index in [4.69, 9.17) is 9.47 Å². The summed E-state index contributed by atoms with van der Waals surface area (Å²) < 4.78 is 12.4. The van der Waals surface area contributed by atoms with Crippen LogP contribution in [0.15, 0.2) is 72.8 Å². The third kappa shape index (κ3) is 5.44. The monoisotopic (exact) mass is 487 g/mol. The molecule has 1 saturated carbocycles. The zero-order valence-electron chi connectivity index (χ0n) is 19.3. The van der Waals surface area contributed by atoms with Crippen LogP contribution in [-0.4, -0.2) is 30.0 Å². The van der Waals surface area contributed by atoms with Gasteiger partial charge in [-0.05, 0) is 68.3 Å². The third-order valence-electron chi connectivity index (χ3n) is 5.54. The van der Waals surface area contributed by atoms with Gasteiger partial charge in [-0.3, -0.25) is 14.5 Å². The minimum atomic E-state index is -0.263. The molecule has 0 bridgehead atoms. The summed E-state index contributed by atoms with van der Waals surface area (Å²) in [4.78, 5) is 31.7. The fraction of sp³-hybridized carbons (Fsp3) is 0.222. The number of para-hydroxylation sites is 1. The smallest absolute Gasteiger partial charge is 0.271 e. The first-order valence-corrected chi connectivity index (χ1v) is 12.4. The topological polar surface area (TPSA) is 80.8 Å². The first kappa shape index (κ1) is 22.9. The van der Waals surface area contributed by atoms with E-state index in [1.54, 1.807) is 23.1 Å². The van der Waals surface area contributed by atoms with E-state index in [2.05, 4.69) is 10.3 Å². The van der Waals surface area contributed by atoms with Gasteiger partial charge in [0.05, 0.1) is 22.5 Å². The van der Waals surface area contributed by atoms with Gasteiger partial charge in [-0.25, -0.2) is 4.98 Å². The van der Waals surface area contributed by atoms with Crippen LogP contribution in [0.25, 0.3) is 10.2 Å². The lowest BCUT2D eigenvalue weighted by molar-refractivity contribution is -0.120. The van der Waals surface area contributed by atoms with Gasteiger partial charge in [0.2, 0.25) is 5.91 Å². The average Bonchev–Trinajstić information content (AvgIpc) is 3.64. The Kier molecular flexibility index (Phi) is 6.63. The van der Waals surface area contributed by atoms with Gasteiger partial charge in [0.1, 0.15) is 11.5 Å². The molecule has 178 valence electrons. The Morgan fingerprint density at radius 1 is 1.00 bits per heavy atom. The SMILES string of the molecule is CCOc1ccc(N(C(=O)COc2cccc(NC(=O)C3CC3)c2)c2nc3ccccc3s2)cc1. The number of aromatic nitrogens is 1. The van der Waals surface area contributed by atoms with E-state index >= 15 is 0 Å². The van der Waals surface area contributed by atoms with Gasteiger partial charge >= 0.3 is 0 Å². The van der Waals surface area contributed by atoms with Crippen LogP contribution < -0.4 is 19.7 Å². The zero-order chi connectivity index (χ0) is 24.2. The van der Waals surface area contributed by atoms with Crippen LogP contribution in [-0.2, 0) is 9.59 Å². The van der Waals surface area contributed by atoms with Crippen LogP contribution in [0, 0.1) is 5.92 Å². The number of nitrogens with zero attached hydrogens (tertiary/aromatic N) is 2. The Morgan fingerprint density at radius 3 is 2.54 bits per heavy atom. The molecule has 4 aromatic rings. The highest BCUT2D eigenvalue weighted by Crippen LogP contribution is 2.34. The highest BCUT2D eigenvalue weighted by atomic mass is 32.1. The number of carbonyl (C=O) groups excluding carboxylic acids is 2. The third-order valence-corrected chi connectivity index (χ3v) is 6.56. The molecule has 0 aliphatic heterocycles. The second kappa shape index (κ2) is 10.1. The molecule has 1 heterocycles. The molecular weight excluding hydrogens is 462 g/mol. The summed E-state index contributed by atoms with van der Waals surface area (Å²) in [5, 5.41) is 3.47. The van der Waals surface area contributed by atoms with Crippen LogP contribution in [0.3, 0.4) is 0 Å². The number of thiazole rings is 1. The maximum absolute atomic E-state index is 13.4. The van der Waals surface area contributed by atoms with E-state index in [-0.39, 0.29) is 24.3 Å². The van der Waals surface area contributed by atoms with Crippen molar-refractivity contribution in [2.75, 3.05) is 23.4 Å². The molecule has 1 fully saturated rings. The second-order valence-electron chi connectivity index (χ2n) is 8.20. The van der Waals surface area contributed by atoms with E-state index < -0.39 is 0 Å². The van der Waals surface area contributed by atoms with Crippen molar-refractivity contribution in [2.45, 2.75) is 19.8 Å². The molecular formula is C27H25N3O4S. The van der Waals surface area contributed by atoms with Crippen molar-refractivity contribution in [3.63, 3.8) is 0 Å². The lowest BCUT2D eigenvalue weighted by atomic mass is 10.2. The summed E-state index contributed by atoms with van der Waals surface area (Å²) in [6, 6.07) is 22.2. The minimum absolute atomic E-state index is 0.0238. The van der Waals surface area contributed by atoms with E-state index in [1.807, 2.05) is 61.5 Å². The number of benzene rings is 3. The van der Waals surface area contributed by atoms with Crippen molar-refractivity contribution in [1.29, 1.82) is 0 Å². The molecule has 7 nitrogen and oxygen atoms in total. The van der Waals surface area contributed by atoms with Crippen LogP contribution in [0.2, 0.25) is 0 Å². The summed E-state index contributed by atoms with van der Waals surface area (Å²) >= 11 is 1.44. The molecule has 5 rings (SSSR count). The number of hydrogen-bond donors (Lipinski definition) is 1. The molecule has 2 amide bonds. The molecule has 0 unspecified atom stereocenters. The number of anilines is 3. The van der Waals surface area contributed by atoms with E-state index in [0.29, 0.717) is 28.9 Å². The Morgan fingerprint density at radius 2 is 1.80 bits per heavy atom. The van der Waals surface area contributed by atoms with Crippen molar-refractivity contribution in [3.8, 4) is 11.5 Å². The number of nitrogens with one attached hydrogen (secondary N) is 1. The number of ether oxygens (including phenoxy) is 2. The maximum atomic E-state index is 13.4. The van der Waals surface area contributed by atoms with Gasteiger partial charge in [-0.1, -0.05) is 29.5 Å². The molecule has 3 aromatic carbocycles. The Balaban J connectivity index is 1.36. The number of hydrogen-bond acceptors (Lipinski definition) is 6. The molecule has 8 heteroatoms. The first-order valence-electron chi connectivity index (χ1n) is 11.6. The maximum Gasteiger partial charge on any atom is 0.271 e. The van der Waals surface area contributed by atoms with E-state index in [9.17, 15) is 9.59 Å². The molecule has 1 aromatic heterocycles. The largest absolute Gasteiger partial charge is 0.494 e. The van der Waals surface area contributed by atoms with Gasteiger partial charge in [0, 0.05) is 17.7 Å². The fourth-order valence-corrected chi connectivity index (χ4v) is 4.64. The standard InChI is InChI=1S/C27H25N3O4S/c1-2-33-21-14-12-20(13-15-21)30(27-29-23-8-3-4-9-24(23)35-27)25(31)17-34-22-7-5-6-19(16-22)28-26(32)18-10-11-18/h3-9,12-16,18H,2,10-11,17H2,1H3,(H,28,32).